The third-order valence-corrected chi connectivity index (χ3v) is 6.11. The van der Waals surface area contributed by atoms with Gasteiger partial charge in [-0.05, 0) is 61.4 Å². The molecule has 28 heavy (non-hydrogen) atoms. The fraction of sp³-hybridized carbons (Fsp3) is 0.316. The summed E-state index contributed by atoms with van der Waals surface area (Å²) in [4.78, 5) is 14.0. The Hall–Kier alpha value is -2.65. The fourth-order valence-corrected chi connectivity index (χ4v) is 4.28. The molecule has 1 fully saturated rings. The SMILES string of the molecule is COc1ccc(NC(=O)N2CCC(NS(=O)(=O)c3ccc(F)cc3)CC2)cc1. The summed E-state index contributed by atoms with van der Waals surface area (Å²) in [6, 6.07) is 11.2. The van der Waals surface area contributed by atoms with Crippen molar-refractivity contribution >= 4 is 21.7 Å². The molecule has 0 aliphatic carbocycles. The van der Waals surface area contributed by atoms with Gasteiger partial charge >= 0.3 is 6.03 Å². The van der Waals surface area contributed by atoms with Gasteiger partial charge in [-0.1, -0.05) is 0 Å². The lowest BCUT2D eigenvalue weighted by Gasteiger charge is -2.32. The average Bonchev–Trinajstić information content (AvgIpc) is 2.69. The molecule has 3 rings (SSSR count). The number of methoxy groups -OCH3 is 1. The minimum atomic E-state index is -3.72. The van der Waals surface area contributed by atoms with E-state index in [1.807, 2.05) is 0 Å². The molecular formula is C19H22FN3O4S. The quantitative estimate of drug-likeness (QED) is 0.798. The number of amides is 2. The second kappa shape index (κ2) is 8.57. The van der Waals surface area contributed by atoms with Crippen molar-refractivity contribution in [1.29, 1.82) is 0 Å². The predicted octanol–water partition coefficient (Wildman–Crippen LogP) is 2.81. The van der Waals surface area contributed by atoms with Gasteiger partial charge in [0.25, 0.3) is 0 Å². The average molecular weight is 407 g/mol. The largest absolute Gasteiger partial charge is 0.497 e. The Labute approximate surface area is 163 Å². The zero-order valence-electron chi connectivity index (χ0n) is 15.4. The van der Waals surface area contributed by atoms with E-state index in [9.17, 15) is 17.6 Å². The number of hydrogen-bond donors (Lipinski definition) is 2. The molecule has 0 radical (unpaired) electrons. The zero-order chi connectivity index (χ0) is 20.1. The van der Waals surface area contributed by atoms with Crippen molar-refractivity contribution in [3.05, 3.63) is 54.3 Å². The molecule has 0 saturated carbocycles. The van der Waals surface area contributed by atoms with Gasteiger partial charge in [0.1, 0.15) is 11.6 Å². The number of anilines is 1. The number of carbonyl (C=O) groups excluding carboxylic acids is 1. The first-order chi connectivity index (χ1) is 13.4. The van der Waals surface area contributed by atoms with E-state index in [1.165, 1.54) is 12.1 Å². The lowest BCUT2D eigenvalue weighted by Crippen LogP contribution is -2.47. The van der Waals surface area contributed by atoms with E-state index in [0.717, 1.165) is 12.1 Å². The second-order valence-corrected chi connectivity index (χ2v) is 8.21. The third kappa shape index (κ3) is 4.99. The smallest absolute Gasteiger partial charge is 0.321 e. The summed E-state index contributed by atoms with van der Waals surface area (Å²) < 4.78 is 45.5. The molecule has 150 valence electrons. The highest BCUT2D eigenvalue weighted by atomic mass is 32.2. The number of halogens is 1. The molecular weight excluding hydrogens is 385 g/mol. The molecule has 0 aromatic heterocycles. The van der Waals surface area contributed by atoms with E-state index >= 15 is 0 Å². The van der Waals surface area contributed by atoms with Gasteiger partial charge in [0.05, 0.1) is 12.0 Å². The summed E-state index contributed by atoms with van der Waals surface area (Å²) in [5, 5.41) is 2.81. The molecule has 1 saturated heterocycles. The summed E-state index contributed by atoms with van der Waals surface area (Å²) in [6.45, 7) is 0.858. The zero-order valence-corrected chi connectivity index (χ0v) is 16.2. The highest BCUT2D eigenvalue weighted by molar-refractivity contribution is 7.89. The predicted molar refractivity (Wildman–Crippen MR) is 103 cm³/mol. The number of nitrogens with one attached hydrogen (secondary N) is 2. The molecule has 2 N–H and O–H groups in total. The third-order valence-electron chi connectivity index (χ3n) is 4.57. The van der Waals surface area contributed by atoms with E-state index < -0.39 is 15.8 Å². The maximum Gasteiger partial charge on any atom is 0.321 e. The highest BCUT2D eigenvalue weighted by Crippen LogP contribution is 2.18. The van der Waals surface area contributed by atoms with Crippen LogP contribution >= 0.6 is 0 Å². The van der Waals surface area contributed by atoms with E-state index in [2.05, 4.69) is 10.0 Å². The summed E-state index contributed by atoms with van der Waals surface area (Å²) >= 11 is 0. The van der Waals surface area contributed by atoms with Crippen LogP contribution in [0.15, 0.2) is 53.4 Å². The fourth-order valence-electron chi connectivity index (χ4n) is 2.98. The van der Waals surface area contributed by atoms with Crippen LogP contribution in [0.4, 0.5) is 14.9 Å². The van der Waals surface area contributed by atoms with Crippen LogP contribution in [-0.4, -0.2) is 45.6 Å². The Morgan fingerprint density at radius 1 is 1.07 bits per heavy atom. The topological polar surface area (TPSA) is 87.7 Å². The molecule has 0 bridgehead atoms. The van der Waals surface area contributed by atoms with Crippen LogP contribution in [0.25, 0.3) is 0 Å². The summed E-state index contributed by atoms with van der Waals surface area (Å²) in [5.41, 5.74) is 0.657. The minimum Gasteiger partial charge on any atom is -0.497 e. The Morgan fingerprint density at radius 3 is 2.25 bits per heavy atom. The second-order valence-electron chi connectivity index (χ2n) is 6.50. The number of benzene rings is 2. The number of sulfonamides is 1. The van der Waals surface area contributed by atoms with Gasteiger partial charge in [0, 0.05) is 24.8 Å². The number of urea groups is 1. The van der Waals surface area contributed by atoms with Crippen LogP contribution < -0.4 is 14.8 Å². The van der Waals surface area contributed by atoms with Crippen LogP contribution in [0.3, 0.4) is 0 Å². The number of nitrogens with zero attached hydrogens (tertiary/aromatic N) is 1. The molecule has 0 atom stereocenters. The maximum absolute atomic E-state index is 13.0. The Balaban J connectivity index is 1.52. The molecule has 1 aliphatic rings. The molecule has 2 aromatic carbocycles. The lowest BCUT2D eigenvalue weighted by molar-refractivity contribution is 0.193. The van der Waals surface area contributed by atoms with Crippen LogP contribution in [0.5, 0.6) is 5.75 Å². The molecule has 7 nitrogen and oxygen atoms in total. The van der Waals surface area contributed by atoms with Gasteiger partial charge in [-0.3, -0.25) is 0 Å². The van der Waals surface area contributed by atoms with Crippen molar-refractivity contribution in [3.63, 3.8) is 0 Å². The maximum atomic E-state index is 13.0. The van der Waals surface area contributed by atoms with Gasteiger partial charge < -0.3 is 15.0 Å². The number of hydrogen-bond acceptors (Lipinski definition) is 4. The molecule has 0 unspecified atom stereocenters. The van der Waals surface area contributed by atoms with E-state index in [-0.39, 0.29) is 17.0 Å². The van der Waals surface area contributed by atoms with Gasteiger partial charge in [0.15, 0.2) is 0 Å². The van der Waals surface area contributed by atoms with Crippen molar-refractivity contribution in [2.75, 3.05) is 25.5 Å². The van der Waals surface area contributed by atoms with E-state index in [0.29, 0.717) is 37.4 Å². The van der Waals surface area contributed by atoms with Crippen LogP contribution in [-0.2, 0) is 10.0 Å². The van der Waals surface area contributed by atoms with Gasteiger partial charge in [-0.15, -0.1) is 0 Å². The van der Waals surface area contributed by atoms with Gasteiger partial charge in [-0.2, -0.15) is 0 Å². The molecule has 0 spiro atoms. The summed E-state index contributed by atoms with van der Waals surface area (Å²) in [6.07, 6.45) is 0.993. The molecule has 1 heterocycles. The highest BCUT2D eigenvalue weighted by Gasteiger charge is 2.26. The van der Waals surface area contributed by atoms with E-state index in [4.69, 9.17) is 4.74 Å². The van der Waals surface area contributed by atoms with Gasteiger partial charge in [0.2, 0.25) is 10.0 Å². The number of rotatable bonds is 5. The first-order valence-electron chi connectivity index (χ1n) is 8.85. The summed E-state index contributed by atoms with van der Waals surface area (Å²) in [7, 11) is -2.15. The van der Waals surface area contributed by atoms with Crippen LogP contribution in [0.1, 0.15) is 12.8 Å². The molecule has 9 heteroatoms. The Morgan fingerprint density at radius 2 is 1.68 bits per heavy atom. The van der Waals surface area contributed by atoms with Crippen molar-refractivity contribution in [2.45, 2.75) is 23.8 Å². The first kappa shape index (κ1) is 20.1. The number of ether oxygens (including phenoxy) is 1. The Kier molecular flexibility index (Phi) is 6.15. The van der Waals surface area contributed by atoms with Crippen molar-refractivity contribution in [2.24, 2.45) is 0 Å². The van der Waals surface area contributed by atoms with Crippen LogP contribution in [0.2, 0.25) is 0 Å². The van der Waals surface area contributed by atoms with Crippen LogP contribution in [0, 0.1) is 5.82 Å². The van der Waals surface area contributed by atoms with Crippen molar-refractivity contribution < 1.29 is 22.3 Å². The van der Waals surface area contributed by atoms with Gasteiger partial charge in [-0.25, -0.2) is 22.3 Å². The lowest BCUT2D eigenvalue weighted by atomic mass is 10.1. The minimum absolute atomic E-state index is 0.0218. The van der Waals surface area contributed by atoms with E-state index in [1.54, 1.807) is 36.3 Å². The number of carbonyl (C=O) groups is 1. The summed E-state index contributed by atoms with van der Waals surface area (Å²) in [5.74, 6) is 0.211. The first-order valence-corrected chi connectivity index (χ1v) is 10.3. The Bertz CT molecular complexity index is 909. The van der Waals surface area contributed by atoms with Crippen molar-refractivity contribution in [1.82, 2.24) is 9.62 Å². The standard InChI is InChI=1S/C19H22FN3O4S/c1-27-17-6-4-15(5-7-17)21-19(24)23-12-10-16(11-13-23)22-28(25,26)18-8-2-14(20)3-9-18/h2-9,16,22H,10-13H2,1H3,(H,21,24). The normalized spacial score (nSPS) is 15.3. The molecule has 2 aromatic rings. The number of piperidine rings is 1. The van der Waals surface area contributed by atoms with Crippen molar-refractivity contribution in [3.8, 4) is 5.75 Å². The monoisotopic (exact) mass is 407 g/mol. The molecule has 2 amide bonds. The molecule has 1 aliphatic heterocycles. The number of likely N-dealkylation sites (tertiary alicyclic amines) is 1.